The van der Waals surface area contributed by atoms with Crippen molar-refractivity contribution in [3.8, 4) is 5.75 Å². The van der Waals surface area contributed by atoms with Gasteiger partial charge in [-0.2, -0.15) is 0 Å². The van der Waals surface area contributed by atoms with Gasteiger partial charge in [-0.3, -0.25) is 4.79 Å². The third-order valence-electron chi connectivity index (χ3n) is 2.54. The van der Waals surface area contributed by atoms with Gasteiger partial charge in [0.1, 0.15) is 11.6 Å². The van der Waals surface area contributed by atoms with E-state index in [1.54, 1.807) is 25.3 Å². The number of anilines is 2. The molecular weight excluding hydrogens is 346 g/mol. The van der Waals surface area contributed by atoms with E-state index in [1.807, 2.05) is 0 Å². The molecule has 0 radical (unpaired) electrons. The Balaban J connectivity index is 2.30. The summed E-state index contributed by atoms with van der Waals surface area (Å²) in [6.45, 7) is 0. The van der Waals surface area contributed by atoms with E-state index < -0.39 is 0 Å². The van der Waals surface area contributed by atoms with E-state index in [-0.39, 0.29) is 22.3 Å². The van der Waals surface area contributed by atoms with Crippen molar-refractivity contribution in [2.75, 3.05) is 18.2 Å². The van der Waals surface area contributed by atoms with E-state index in [0.717, 1.165) is 4.47 Å². The average Bonchev–Trinajstić information content (AvgIpc) is 2.43. The minimum atomic E-state index is -0.377. The third-order valence-corrected chi connectivity index (χ3v) is 3.54. The van der Waals surface area contributed by atoms with E-state index in [0.29, 0.717) is 11.4 Å². The van der Waals surface area contributed by atoms with Crippen LogP contribution in [0.15, 0.2) is 34.9 Å². The number of pyridine rings is 1. The fourth-order valence-electron chi connectivity index (χ4n) is 1.55. The summed E-state index contributed by atoms with van der Waals surface area (Å²) >= 11 is 9.29. The number of carbonyl (C=O) groups excluding carboxylic acids is 1. The molecule has 1 heterocycles. The van der Waals surface area contributed by atoms with Crippen LogP contribution in [0.1, 0.15) is 10.4 Å². The van der Waals surface area contributed by atoms with Crippen LogP contribution in [0.4, 0.5) is 11.5 Å². The van der Waals surface area contributed by atoms with Gasteiger partial charge in [-0.25, -0.2) is 4.98 Å². The zero-order chi connectivity index (χ0) is 14.7. The van der Waals surface area contributed by atoms with Gasteiger partial charge in [0.05, 0.1) is 23.4 Å². The first-order chi connectivity index (χ1) is 9.51. The number of aromatic nitrogens is 1. The molecule has 3 N–H and O–H groups in total. The van der Waals surface area contributed by atoms with Gasteiger partial charge < -0.3 is 15.8 Å². The monoisotopic (exact) mass is 355 g/mol. The summed E-state index contributed by atoms with van der Waals surface area (Å²) in [6.07, 6.45) is 1.34. The number of methoxy groups -OCH3 is 1. The molecule has 2 rings (SSSR count). The molecule has 0 aliphatic rings. The van der Waals surface area contributed by atoms with Crippen LogP contribution in [-0.2, 0) is 0 Å². The lowest BCUT2D eigenvalue weighted by Crippen LogP contribution is -2.13. The highest BCUT2D eigenvalue weighted by Crippen LogP contribution is 2.28. The molecule has 0 saturated heterocycles. The van der Waals surface area contributed by atoms with Crippen LogP contribution in [0, 0.1) is 0 Å². The summed E-state index contributed by atoms with van der Waals surface area (Å²) in [7, 11) is 1.55. The van der Waals surface area contributed by atoms with Crippen molar-refractivity contribution < 1.29 is 9.53 Å². The van der Waals surface area contributed by atoms with Gasteiger partial charge in [-0.1, -0.05) is 11.6 Å². The van der Waals surface area contributed by atoms with Gasteiger partial charge in [0.2, 0.25) is 0 Å². The minimum Gasteiger partial charge on any atom is -0.497 e. The second-order valence-electron chi connectivity index (χ2n) is 3.89. The summed E-state index contributed by atoms with van der Waals surface area (Å²) in [5.41, 5.74) is 6.38. The van der Waals surface area contributed by atoms with Crippen LogP contribution in [-0.4, -0.2) is 18.0 Å². The minimum absolute atomic E-state index is 0.226. The van der Waals surface area contributed by atoms with Gasteiger partial charge >= 0.3 is 0 Å². The molecule has 2 aromatic rings. The third kappa shape index (κ3) is 3.20. The highest BCUT2D eigenvalue weighted by atomic mass is 79.9. The molecule has 1 amide bonds. The Hall–Kier alpha value is -1.79. The maximum atomic E-state index is 12.2. The Morgan fingerprint density at radius 3 is 2.90 bits per heavy atom. The van der Waals surface area contributed by atoms with Gasteiger partial charge in [0.25, 0.3) is 5.91 Å². The van der Waals surface area contributed by atoms with Gasteiger partial charge in [0.15, 0.2) is 0 Å². The number of nitrogens with two attached hydrogens (primary N) is 1. The van der Waals surface area contributed by atoms with E-state index in [9.17, 15) is 4.79 Å². The van der Waals surface area contributed by atoms with Crippen molar-refractivity contribution in [2.24, 2.45) is 0 Å². The van der Waals surface area contributed by atoms with Crippen molar-refractivity contribution in [1.82, 2.24) is 4.98 Å². The Morgan fingerprint density at radius 2 is 2.20 bits per heavy atom. The zero-order valence-electron chi connectivity index (χ0n) is 10.5. The van der Waals surface area contributed by atoms with Gasteiger partial charge in [-0.05, 0) is 34.1 Å². The van der Waals surface area contributed by atoms with E-state index in [2.05, 4.69) is 26.2 Å². The lowest BCUT2D eigenvalue weighted by Gasteiger charge is -2.10. The fourth-order valence-corrected chi connectivity index (χ4v) is 2.08. The zero-order valence-corrected chi connectivity index (χ0v) is 12.8. The summed E-state index contributed by atoms with van der Waals surface area (Å²) in [4.78, 5) is 16.0. The highest BCUT2D eigenvalue weighted by Gasteiger charge is 2.13. The van der Waals surface area contributed by atoms with E-state index >= 15 is 0 Å². The first kappa shape index (κ1) is 14.6. The maximum absolute atomic E-state index is 12.2. The number of nitrogen functional groups attached to an aromatic ring is 1. The number of carbonyl (C=O) groups is 1. The first-order valence-corrected chi connectivity index (χ1v) is 6.74. The largest absolute Gasteiger partial charge is 0.497 e. The fraction of sp³-hybridized carbons (Fsp3) is 0.0769. The topological polar surface area (TPSA) is 77.2 Å². The Kier molecular flexibility index (Phi) is 4.46. The summed E-state index contributed by atoms with van der Waals surface area (Å²) < 4.78 is 5.84. The Morgan fingerprint density at radius 1 is 1.45 bits per heavy atom. The van der Waals surface area contributed by atoms with Crippen LogP contribution in [0.3, 0.4) is 0 Å². The summed E-state index contributed by atoms with van der Waals surface area (Å²) in [6, 6.07) is 6.67. The molecule has 0 atom stereocenters. The van der Waals surface area contributed by atoms with Crippen molar-refractivity contribution in [2.45, 2.75) is 0 Å². The van der Waals surface area contributed by atoms with Crippen molar-refractivity contribution >= 4 is 44.9 Å². The number of hydrogen-bond donors (Lipinski definition) is 2. The lowest BCUT2D eigenvalue weighted by atomic mass is 10.2. The maximum Gasteiger partial charge on any atom is 0.257 e. The molecule has 0 spiro atoms. The number of ether oxygens (including phenoxy) is 1. The summed E-state index contributed by atoms with van der Waals surface area (Å²) in [5.74, 6) is 0.478. The molecule has 0 unspecified atom stereocenters. The number of rotatable bonds is 3. The van der Waals surface area contributed by atoms with Crippen molar-refractivity contribution in [3.05, 3.63) is 45.5 Å². The molecule has 7 heteroatoms. The number of benzene rings is 1. The number of nitrogens with one attached hydrogen (secondary N) is 1. The van der Waals surface area contributed by atoms with Crippen LogP contribution < -0.4 is 15.8 Å². The smallest absolute Gasteiger partial charge is 0.257 e. The molecule has 5 nitrogen and oxygen atoms in total. The molecule has 0 saturated carbocycles. The molecule has 0 bridgehead atoms. The molecule has 0 fully saturated rings. The number of amides is 1. The molecule has 20 heavy (non-hydrogen) atoms. The lowest BCUT2D eigenvalue weighted by molar-refractivity contribution is 0.102. The van der Waals surface area contributed by atoms with Gasteiger partial charge in [-0.15, -0.1) is 0 Å². The Labute approximate surface area is 129 Å². The van der Waals surface area contributed by atoms with E-state index in [1.165, 1.54) is 12.3 Å². The molecule has 0 aliphatic heterocycles. The molecule has 1 aromatic carbocycles. The van der Waals surface area contributed by atoms with Crippen LogP contribution in [0.25, 0.3) is 0 Å². The predicted octanol–water partition coefficient (Wildman–Crippen LogP) is 3.34. The second-order valence-corrected chi connectivity index (χ2v) is 5.15. The second kappa shape index (κ2) is 6.11. The standard InChI is InChI=1S/C13H11BrClN3O2/c1-20-7-2-3-9(14)11(4-7)18-13(19)8-5-12(16)17-6-10(8)15/h2-6H,1H3,(H2,16,17)(H,18,19). The predicted molar refractivity (Wildman–Crippen MR) is 82.3 cm³/mol. The normalized spacial score (nSPS) is 10.2. The molecule has 1 aromatic heterocycles. The van der Waals surface area contributed by atoms with Crippen LogP contribution >= 0.6 is 27.5 Å². The Bertz CT molecular complexity index is 664. The number of halogens is 2. The van der Waals surface area contributed by atoms with E-state index in [4.69, 9.17) is 22.1 Å². The first-order valence-electron chi connectivity index (χ1n) is 5.57. The summed E-state index contributed by atoms with van der Waals surface area (Å²) in [5, 5.41) is 2.97. The molecular formula is C13H11BrClN3O2. The average molecular weight is 357 g/mol. The molecule has 104 valence electrons. The van der Waals surface area contributed by atoms with Gasteiger partial charge in [0, 0.05) is 16.7 Å². The SMILES string of the molecule is COc1ccc(Br)c(NC(=O)c2cc(N)ncc2Cl)c1. The van der Waals surface area contributed by atoms with Crippen LogP contribution in [0.5, 0.6) is 5.75 Å². The van der Waals surface area contributed by atoms with Crippen molar-refractivity contribution in [1.29, 1.82) is 0 Å². The highest BCUT2D eigenvalue weighted by molar-refractivity contribution is 9.10. The quantitative estimate of drug-likeness (QED) is 0.884. The number of hydrogen-bond acceptors (Lipinski definition) is 4. The van der Waals surface area contributed by atoms with Crippen molar-refractivity contribution in [3.63, 3.8) is 0 Å². The number of nitrogens with zero attached hydrogens (tertiary/aromatic N) is 1. The molecule has 0 aliphatic carbocycles. The van der Waals surface area contributed by atoms with Crippen LogP contribution in [0.2, 0.25) is 5.02 Å².